The van der Waals surface area contributed by atoms with Gasteiger partial charge in [0.2, 0.25) is 0 Å². The number of hydrogen-bond donors (Lipinski definition) is 2. The van der Waals surface area contributed by atoms with Crippen molar-refractivity contribution in [1.82, 2.24) is 24.7 Å². The number of aliphatic hydroxyl groups is 1. The van der Waals surface area contributed by atoms with E-state index in [1.807, 2.05) is 36.4 Å². The molecule has 0 aliphatic heterocycles. The Labute approximate surface area is 180 Å². The highest BCUT2D eigenvalue weighted by Gasteiger charge is 2.22. The van der Waals surface area contributed by atoms with Gasteiger partial charge < -0.3 is 14.8 Å². The fourth-order valence-electron chi connectivity index (χ4n) is 2.86. The number of H-pyrrole nitrogens is 1. The van der Waals surface area contributed by atoms with Crippen LogP contribution in [0.5, 0.6) is 0 Å². The van der Waals surface area contributed by atoms with Crippen molar-refractivity contribution in [2.24, 2.45) is 0 Å². The van der Waals surface area contributed by atoms with Gasteiger partial charge in [0, 0.05) is 5.02 Å². The lowest BCUT2D eigenvalue weighted by molar-refractivity contribution is -0.133. The third-order valence-electron chi connectivity index (χ3n) is 4.25. The van der Waals surface area contributed by atoms with Crippen LogP contribution in [0.3, 0.4) is 0 Å². The molecule has 0 radical (unpaired) electrons. The zero-order valence-corrected chi connectivity index (χ0v) is 17.3. The number of benzene rings is 2. The molecule has 0 aliphatic carbocycles. The van der Waals surface area contributed by atoms with Gasteiger partial charge in [-0.3, -0.25) is 4.57 Å². The van der Waals surface area contributed by atoms with Crippen LogP contribution in [0, 0.1) is 0 Å². The Morgan fingerprint density at radius 1 is 1.27 bits per heavy atom. The minimum Gasteiger partial charge on any atom is -0.510 e. The minimum atomic E-state index is -0.691. The fourth-order valence-corrected chi connectivity index (χ4v) is 3.85. The van der Waals surface area contributed by atoms with E-state index in [0.717, 1.165) is 11.2 Å². The highest BCUT2D eigenvalue weighted by molar-refractivity contribution is 7.99. The number of nitrogens with one attached hydrogen (secondary N) is 1. The van der Waals surface area contributed by atoms with Crippen LogP contribution >= 0.6 is 23.4 Å². The molecule has 0 aliphatic rings. The molecule has 2 aromatic heterocycles. The summed E-state index contributed by atoms with van der Waals surface area (Å²) < 4.78 is 6.59. The Bertz CT molecular complexity index is 1220. The van der Waals surface area contributed by atoms with Crippen LogP contribution in [0.4, 0.5) is 0 Å². The molecule has 2 heterocycles. The molecule has 0 fully saturated rings. The molecule has 2 aromatic carbocycles. The third-order valence-corrected chi connectivity index (χ3v) is 5.43. The molecule has 10 heteroatoms. The summed E-state index contributed by atoms with van der Waals surface area (Å²) in [4.78, 5) is 19.8. The lowest BCUT2D eigenvalue weighted by Crippen LogP contribution is -2.10. The topological polar surface area (TPSA) is 106 Å². The summed E-state index contributed by atoms with van der Waals surface area (Å²) in [5.74, 6) is -0.590. The number of carbonyl (C=O) groups is 1. The zero-order chi connectivity index (χ0) is 21.1. The number of rotatable bonds is 6. The number of ether oxygens (including phenoxy) is 1. The number of para-hydroxylation sites is 2. The van der Waals surface area contributed by atoms with E-state index in [-0.39, 0.29) is 22.9 Å². The van der Waals surface area contributed by atoms with Gasteiger partial charge in [-0.2, -0.15) is 0 Å². The lowest BCUT2D eigenvalue weighted by Gasteiger charge is -2.08. The summed E-state index contributed by atoms with van der Waals surface area (Å²) in [5.41, 5.74) is 2.17. The fraction of sp³-hybridized carbons (Fsp3) is 0.100. The molecule has 152 valence electrons. The summed E-state index contributed by atoms with van der Waals surface area (Å²) in [6.07, 6.45) is 1.55. The molecule has 0 spiro atoms. The summed E-state index contributed by atoms with van der Waals surface area (Å²) in [6.45, 7) is 0. The van der Waals surface area contributed by atoms with Gasteiger partial charge in [0.1, 0.15) is 23.5 Å². The number of aromatic amines is 1. The van der Waals surface area contributed by atoms with Crippen molar-refractivity contribution >= 4 is 45.9 Å². The van der Waals surface area contributed by atoms with Crippen LogP contribution in [0.15, 0.2) is 65.8 Å². The second-order valence-corrected chi connectivity index (χ2v) is 7.55. The molecule has 4 rings (SSSR count). The third kappa shape index (κ3) is 4.03. The van der Waals surface area contributed by atoms with Crippen LogP contribution < -0.4 is 0 Å². The predicted octanol–water partition coefficient (Wildman–Crippen LogP) is 4.03. The molecule has 0 unspecified atom stereocenters. The van der Waals surface area contributed by atoms with E-state index >= 15 is 0 Å². The Morgan fingerprint density at radius 2 is 2.10 bits per heavy atom. The van der Waals surface area contributed by atoms with Gasteiger partial charge >= 0.3 is 5.97 Å². The Hall–Kier alpha value is -3.30. The molecular formula is C20H16ClN5O3S. The zero-order valence-electron chi connectivity index (χ0n) is 15.7. The first kappa shape index (κ1) is 20.0. The lowest BCUT2D eigenvalue weighted by atomic mass is 10.2. The normalized spacial score (nSPS) is 12.1. The first-order valence-corrected chi connectivity index (χ1v) is 10.2. The number of imidazole rings is 1. The summed E-state index contributed by atoms with van der Waals surface area (Å²) in [7, 11) is 1.25. The molecule has 0 bridgehead atoms. The number of nitrogens with zero attached hydrogens (tertiary/aromatic N) is 4. The number of aromatic nitrogens is 5. The van der Waals surface area contributed by atoms with Gasteiger partial charge in [0.05, 0.1) is 29.6 Å². The number of carbonyl (C=O) groups excluding carboxylic acids is 1. The highest BCUT2D eigenvalue weighted by Crippen LogP contribution is 2.26. The average molecular weight is 442 g/mol. The van der Waals surface area contributed by atoms with Crippen molar-refractivity contribution in [3.63, 3.8) is 0 Å². The van der Waals surface area contributed by atoms with Crippen LogP contribution in [-0.4, -0.2) is 48.7 Å². The maximum absolute atomic E-state index is 12.4. The van der Waals surface area contributed by atoms with Crippen LogP contribution in [0.25, 0.3) is 22.3 Å². The smallest absolute Gasteiger partial charge is 0.345 e. The highest BCUT2D eigenvalue weighted by atomic mass is 35.5. The molecule has 4 aromatic rings. The van der Waals surface area contributed by atoms with Crippen molar-refractivity contribution in [3.05, 3.63) is 71.5 Å². The predicted molar refractivity (Wildman–Crippen MR) is 115 cm³/mol. The van der Waals surface area contributed by atoms with E-state index in [1.165, 1.54) is 18.9 Å². The number of halogens is 1. The van der Waals surface area contributed by atoms with Gasteiger partial charge in [0.25, 0.3) is 0 Å². The van der Waals surface area contributed by atoms with Crippen LogP contribution in [-0.2, 0) is 9.53 Å². The second-order valence-electron chi connectivity index (χ2n) is 6.17. The SMILES string of the molecule is COC(=O)/C(=C(/O)CSc1nncn1-c1cccc(Cl)c1)c1nc2ccccc2[nH]1. The summed E-state index contributed by atoms with van der Waals surface area (Å²) in [6, 6.07) is 14.6. The van der Waals surface area contributed by atoms with E-state index in [0.29, 0.717) is 15.7 Å². The van der Waals surface area contributed by atoms with E-state index in [9.17, 15) is 9.90 Å². The molecule has 30 heavy (non-hydrogen) atoms. The molecule has 0 saturated heterocycles. The van der Waals surface area contributed by atoms with E-state index < -0.39 is 5.97 Å². The molecule has 2 N–H and O–H groups in total. The van der Waals surface area contributed by atoms with Gasteiger partial charge in [-0.1, -0.05) is 41.6 Å². The van der Waals surface area contributed by atoms with Gasteiger partial charge in [-0.05, 0) is 30.3 Å². The number of methoxy groups -OCH3 is 1. The second kappa shape index (κ2) is 8.60. The van der Waals surface area contributed by atoms with Gasteiger partial charge in [-0.15, -0.1) is 10.2 Å². The number of aliphatic hydroxyl groups excluding tert-OH is 1. The Morgan fingerprint density at radius 3 is 2.87 bits per heavy atom. The first-order chi connectivity index (χ1) is 14.6. The van der Waals surface area contributed by atoms with Crippen molar-refractivity contribution < 1.29 is 14.6 Å². The largest absolute Gasteiger partial charge is 0.510 e. The van der Waals surface area contributed by atoms with Crippen LogP contribution in [0.2, 0.25) is 5.02 Å². The van der Waals surface area contributed by atoms with Crippen molar-refractivity contribution in [2.45, 2.75) is 5.16 Å². The minimum absolute atomic E-state index is 0.0324. The number of thioether (sulfide) groups is 1. The van der Waals surface area contributed by atoms with Crippen molar-refractivity contribution in [1.29, 1.82) is 0 Å². The Kier molecular flexibility index (Phi) is 5.73. The van der Waals surface area contributed by atoms with Gasteiger partial charge in [-0.25, -0.2) is 9.78 Å². The maximum Gasteiger partial charge on any atom is 0.345 e. The first-order valence-electron chi connectivity index (χ1n) is 8.81. The molecule has 0 amide bonds. The average Bonchev–Trinajstić information content (AvgIpc) is 3.39. The maximum atomic E-state index is 12.4. The standard InChI is InChI=1S/C20H16ClN5O3S/c1-29-19(28)17(18-23-14-7-2-3-8-15(14)24-18)16(27)10-30-20-25-22-11-26(20)13-6-4-5-12(21)9-13/h2-9,11,27H,10H2,1H3,(H,23,24)/b17-16+. The van der Waals surface area contributed by atoms with Gasteiger partial charge in [0.15, 0.2) is 5.16 Å². The summed E-state index contributed by atoms with van der Waals surface area (Å²) in [5, 5.41) is 19.8. The van der Waals surface area contributed by atoms with E-state index in [4.69, 9.17) is 16.3 Å². The number of hydrogen-bond acceptors (Lipinski definition) is 7. The number of esters is 1. The van der Waals surface area contributed by atoms with Crippen LogP contribution in [0.1, 0.15) is 5.82 Å². The monoisotopic (exact) mass is 441 g/mol. The molecule has 8 nitrogen and oxygen atoms in total. The molecule has 0 atom stereocenters. The van der Waals surface area contributed by atoms with E-state index in [2.05, 4.69) is 20.2 Å². The van der Waals surface area contributed by atoms with Crippen molar-refractivity contribution in [2.75, 3.05) is 12.9 Å². The summed E-state index contributed by atoms with van der Waals surface area (Å²) >= 11 is 7.27. The quantitative estimate of drug-likeness (QED) is 0.201. The van der Waals surface area contributed by atoms with Crippen molar-refractivity contribution in [3.8, 4) is 5.69 Å². The Balaban J connectivity index is 1.64. The van der Waals surface area contributed by atoms with E-state index in [1.54, 1.807) is 23.0 Å². The molecule has 0 saturated carbocycles. The molecular weight excluding hydrogens is 426 g/mol. The number of fused-ring (bicyclic) bond motifs is 1.